The molecule has 0 aromatic heterocycles. The summed E-state index contributed by atoms with van der Waals surface area (Å²) in [5.41, 5.74) is 5.08. The molecular formula is C29H28ClNO. The molecule has 0 unspecified atom stereocenters. The quantitative estimate of drug-likeness (QED) is 0.449. The van der Waals surface area contributed by atoms with Crippen LogP contribution in [0.4, 0.5) is 5.69 Å². The Bertz CT molecular complexity index is 1120. The van der Waals surface area contributed by atoms with Crippen molar-refractivity contribution in [2.75, 3.05) is 5.32 Å². The zero-order chi connectivity index (χ0) is 21.8. The van der Waals surface area contributed by atoms with E-state index in [4.69, 9.17) is 11.6 Å². The van der Waals surface area contributed by atoms with E-state index in [0.717, 1.165) is 17.5 Å². The molecular weight excluding hydrogens is 414 g/mol. The van der Waals surface area contributed by atoms with Gasteiger partial charge in [-0.3, -0.25) is 4.79 Å². The summed E-state index contributed by atoms with van der Waals surface area (Å²) in [5.74, 6) is 1.56. The van der Waals surface area contributed by atoms with E-state index < -0.39 is 0 Å². The lowest BCUT2D eigenvalue weighted by Gasteiger charge is -2.62. The molecule has 0 saturated heterocycles. The summed E-state index contributed by atoms with van der Waals surface area (Å²) in [7, 11) is 0. The van der Waals surface area contributed by atoms with Crippen LogP contribution in [0.5, 0.6) is 0 Å². The van der Waals surface area contributed by atoms with Crippen molar-refractivity contribution < 1.29 is 4.79 Å². The van der Waals surface area contributed by atoms with Gasteiger partial charge in [0, 0.05) is 16.3 Å². The predicted molar refractivity (Wildman–Crippen MR) is 130 cm³/mol. The Hall–Kier alpha value is -2.58. The summed E-state index contributed by atoms with van der Waals surface area (Å²) in [6, 6.07) is 27.0. The number of anilines is 1. The molecule has 2 atom stereocenters. The molecule has 1 amide bonds. The maximum atomic E-state index is 12.6. The number of hydrogen-bond donors (Lipinski definition) is 1. The second-order valence-corrected chi connectivity index (χ2v) is 10.9. The van der Waals surface area contributed by atoms with Gasteiger partial charge >= 0.3 is 0 Å². The summed E-state index contributed by atoms with van der Waals surface area (Å²) in [6.07, 6.45) is 8.00. The molecule has 0 heterocycles. The van der Waals surface area contributed by atoms with Crippen molar-refractivity contribution in [3.05, 3.63) is 101 Å². The Morgan fingerprint density at radius 3 is 1.91 bits per heavy atom. The molecule has 3 aromatic rings. The molecule has 162 valence electrons. The monoisotopic (exact) mass is 441 g/mol. The van der Waals surface area contributed by atoms with E-state index in [1.165, 1.54) is 44.1 Å². The Kier molecular flexibility index (Phi) is 4.69. The molecule has 1 N–H and O–H groups in total. The van der Waals surface area contributed by atoms with Crippen LogP contribution >= 0.6 is 11.6 Å². The van der Waals surface area contributed by atoms with Crippen molar-refractivity contribution >= 4 is 23.2 Å². The molecule has 0 aliphatic heterocycles. The Balaban J connectivity index is 1.26. The van der Waals surface area contributed by atoms with Crippen LogP contribution in [0, 0.1) is 11.8 Å². The first kappa shape index (κ1) is 20.1. The number of hydrogen-bond acceptors (Lipinski definition) is 1. The molecule has 4 aliphatic rings. The van der Waals surface area contributed by atoms with E-state index >= 15 is 0 Å². The number of benzene rings is 3. The Morgan fingerprint density at radius 1 is 0.750 bits per heavy atom. The van der Waals surface area contributed by atoms with Crippen molar-refractivity contribution in [3.63, 3.8) is 0 Å². The van der Waals surface area contributed by atoms with Crippen LogP contribution < -0.4 is 5.32 Å². The molecule has 2 nitrogen and oxygen atoms in total. The second kappa shape index (κ2) is 7.49. The molecule has 0 radical (unpaired) electrons. The maximum Gasteiger partial charge on any atom is 0.255 e. The number of amides is 1. The standard InChI is InChI=1S/C29H28ClNO/c30-25-10-6-22(7-11-25)27(32)31-26-12-8-24(9-13-26)29-17-20-14-21(18-29)16-28(15-20,19-29)23-4-2-1-3-5-23/h1-13,20-21H,14-19H2,(H,31,32)/t20-,21-,28?,29?/m1/s1. The third-order valence-electron chi connectivity index (χ3n) is 8.31. The van der Waals surface area contributed by atoms with Crippen molar-refractivity contribution in [1.82, 2.24) is 0 Å². The summed E-state index contributed by atoms with van der Waals surface area (Å²) < 4.78 is 0. The molecule has 4 bridgehead atoms. The molecule has 32 heavy (non-hydrogen) atoms. The maximum absolute atomic E-state index is 12.6. The summed E-state index contributed by atoms with van der Waals surface area (Å²) in [4.78, 5) is 12.6. The van der Waals surface area contributed by atoms with Crippen LogP contribution in [-0.2, 0) is 10.8 Å². The SMILES string of the molecule is O=C(Nc1ccc(C23C[C@@H]4C[C@H](CC(c5ccccc5)(C4)C2)C3)cc1)c1ccc(Cl)cc1. The van der Waals surface area contributed by atoms with Crippen molar-refractivity contribution in [2.45, 2.75) is 49.4 Å². The average molecular weight is 442 g/mol. The molecule has 4 aliphatic carbocycles. The summed E-state index contributed by atoms with van der Waals surface area (Å²) >= 11 is 5.94. The fourth-order valence-electron chi connectivity index (χ4n) is 7.44. The van der Waals surface area contributed by atoms with Gasteiger partial charge < -0.3 is 5.32 Å². The van der Waals surface area contributed by atoms with Gasteiger partial charge in [0.2, 0.25) is 0 Å². The number of carbonyl (C=O) groups excluding carboxylic acids is 1. The molecule has 4 saturated carbocycles. The largest absolute Gasteiger partial charge is 0.322 e. The van der Waals surface area contributed by atoms with Gasteiger partial charge in [-0.15, -0.1) is 0 Å². The van der Waals surface area contributed by atoms with Crippen molar-refractivity contribution in [3.8, 4) is 0 Å². The number of carbonyl (C=O) groups is 1. The van der Waals surface area contributed by atoms with E-state index in [2.05, 4.69) is 59.9 Å². The fraction of sp³-hybridized carbons (Fsp3) is 0.345. The van der Waals surface area contributed by atoms with Crippen molar-refractivity contribution in [1.29, 1.82) is 0 Å². The van der Waals surface area contributed by atoms with Gasteiger partial charge in [-0.1, -0.05) is 54.1 Å². The smallest absolute Gasteiger partial charge is 0.255 e. The van der Waals surface area contributed by atoms with E-state index in [9.17, 15) is 4.79 Å². The van der Waals surface area contributed by atoms with Crippen molar-refractivity contribution in [2.24, 2.45) is 11.8 Å². The minimum absolute atomic E-state index is 0.104. The van der Waals surface area contributed by atoms with Crippen LogP contribution in [-0.4, -0.2) is 5.91 Å². The molecule has 0 spiro atoms. The third-order valence-corrected chi connectivity index (χ3v) is 8.56. The first-order valence-electron chi connectivity index (χ1n) is 11.8. The lowest BCUT2D eigenvalue weighted by atomic mass is 9.42. The first-order valence-corrected chi connectivity index (χ1v) is 12.1. The minimum atomic E-state index is -0.104. The number of rotatable bonds is 4. The van der Waals surface area contributed by atoms with Crippen LogP contribution in [0.3, 0.4) is 0 Å². The Morgan fingerprint density at radius 2 is 1.31 bits per heavy atom. The zero-order valence-corrected chi connectivity index (χ0v) is 18.9. The minimum Gasteiger partial charge on any atom is -0.322 e. The molecule has 3 aromatic carbocycles. The van der Waals surface area contributed by atoms with Gasteiger partial charge in [-0.2, -0.15) is 0 Å². The van der Waals surface area contributed by atoms with Crippen LogP contribution in [0.25, 0.3) is 0 Å². The van der Waals surface area contributed by atoms with Gasteiger partial charge in [-0.25, -0.2) is 0 Å². The normalized spacial score (nSPS) is 30.3. The molecule has 7 rings (SSSR count). The topological polar surface area (TPSA) is 29.1 Å². The lowest BCUT2D eigenvalue weighted by molar-refractivity contribution is -0.0281. The fourth-order valence-corrected chi connectivity index (χ4v) is 7.57. The number of nitrogens with one attached hydrogen (secondary N) is 1. The second-order valence-electron chi connectivity index (χ2n) is 10.4. The van der Waals surface area contributed by atoms with E-state index in [0.29, 0.717) is 16.0 Å². The van der Waals surface area contributed by atoms with Crippen LogP contribution in [0.15, 0.2) is 78.9 Å². The predicted octanol–water partition coefficient (Wildman–Crippen LogP) is 7.38. The van der Waals surface area contributed by atoms with Gasteiger partial charge in [0.05, 0.1) is 0 Å². The highest BCUT2D eigenvalue weighted by atomic mass is 35.5. The highest BCUT2D eigenvalue weighted by molar-refractivity contribution is 6.30. The number of halogens is 1. The van der Waals surface area contributed by atoms with Gasteiger partial charge in [0.25, 0.3) is 5.91 Å². The zero-order valence-electron chi connectivity index (χ0n) is 18.2. The first-order chi connectivity index (χ1) is 15.5. The summed E-state index contributed by atoms with van der Waals surface area (Å²) in [5, 5.41) is 3.66. The van der Waals surface area contributed by atoms with Gasteiger partial charge in [0.1, 0.15) is 0 Å². The lowest BCUT2D eigenvalue weighted by Crippen LogP contribution is -2.55. The van der Waals surface area contributed by atoms with E-state index in [-0.39, 0.29) is 11.3 Å². The third kappa shape index (κ3) is 3.36. The van der Waals surface area contributed by atoms with E-state index in [1.54, 1.807) is 29.8 Å². The van der Waals surface area contributed by atoms with E-state index in [1.807, 2.05) is 0 Å². The summed E-state index contributed by atoms with van der Waals surface area (Å²) in [6.45, 7) is 0. The molecule has 3 heteroatoms. The van der Waals surface area contributed by atoms with Gasteiger partial charge in [0.15, 0.2) is 0 Å². The average Bonchev–Trinajstić information content (AvgIpc) is 2.80. The van der Waals surface area contributed by atoms with Crippen LogP contribution in [0.1, 0.15) is 60.0 Å². The Labute approximate surface area is 195 Å². The van der Waals surface area contributed by atoms with Crippen LogP contribution in [0.2, 0.25) is 5.02 Å². The molecule has 4 fully saturated rings. The highest BCUT2D eigenvalue weighted by Crippen LogP contribution is 2.66. The van der Waals surface area contributed by atoms with Gasteiger partial charge in [-0.05, 0) is 109 Å². The highest BCUT2D eigenvalue weighted by Gasteiger charge is 2.58.